The van der Waals surface area contributed by atoms with Crippen LogP contribution < -0.4 is 0 Å². The van der Waals surface area contributed by atoms with Gasteiger partial charge in [0.25, 0.3) is 0 Å². The number of aryl methyl sites for hydroxylation is 2. The average molecular weight is 263 g/mol. The van der Waals surface area contributed by atoms with Gasteiger partial charge in [-0.25, -0.2) is 0 Å². The molecule has 1 nitrogen and oxygen atoms in total. The molecule has 1 rings (SSSR count). The number of hydrogen-bond donors (Lipinski definition) is 0. The summed E-state index contributed by atoms with van der Waals surface area (Å²) < 4.78 is 1.22. The molecule has 0 N–H and O–H groups in total. The molecule has 11 heavy (non-hydrogen) atoms. The van der Waals surface area contributed by atoms with Gasteiger partial charge < -0.3 is 0 Å². The second kappa shape index (κ2) is 6.58. The van der Waals surface area contributed by atoms with Gasteiger partial charge in [0.05, 0.1) is 0 Å². The van der Waals surface area contributed by atoms with E-state index in [1.165, 1.54) is 4.43 Å². The third-order valence-electron chi connectivity index (χ3n) is 1.03. The average Bonchev–Trinajstić information content (AvgIpc) is 1.88. The van der Waals surface area contributed by atoms with Crippen LogP contribution in [0.15, 0.2) is 18.2 Å². The largest absolute Gasteiger partial charge is 0.258 e. The first-order valence-electron chi connectivity index (χ1n) is 3.67. The molecule has 0 aliphatic carbocycles. The molecule has 0 aromatic carbocycles. The SMILES string of the molecule is CCI.Cc1cccc(C)n1. The van der Waals surface area contributed by atoms with E-state index in [-0.39, 0.29) is 0 Å². The van der Waals surface area contributed by atoms with Crippen molar-refractivity contribution in [2.45, 2.75) is 20.8 Å². The lowest BCUT2D eigenvalue weighted by Gasteiger charge is -1.90. The lowest BCUT2D eigenvalue weighted by atomic mass is 10.3. The minimum atomic E-state index is 1.09. The highest BCUT2D eigenvalue weighted by molar-refractivity contribution is 14.1. The van der Waals surface area contributed by atoms with Crippen LogP contribution in [0.5, 0.6) is 0 Å². The molecule has 0 amide bonds. The van der Waals surface area contributed by atoms with E-state index in [9.17, 15) is 0 Å². The summed E-state index contributed by atoms with van der Waals surface area (Å²) in [4.78, 5) is 4.17. The van der Waals surface area contributed by atoms with Gasteiger partial charge in [-0.15, -0.1) is 0 Å². The molecule has 62 valence electrons. The van der Waals surface area contributed by atoms with Crippen molar-refractivity contribution in [3.8, 4) is 0 Å². The topological polar surface area (TPSA) is 12.9 Å². The Morgan fingerprint density at radius 2 is 1.64 bits per heavy atom. The molecule has 0 aliphatic heterocycles. The second-order valence-electron chi connectivity index (χ2n) is 2.19. The molecule has 0 aliphatic rings. The Kier molecular flexibility index (Phi) is 6.51. The quantitative estimate of drug-likeness (QED) is 0.517. The third kappa shape index (κ3) is 6.28. The molecular weight excluding hydrogens is 249 g/mol. The van der Waals surface area contributed by atoms with Crippen molar-refractivity contribution in [1.82, 2.24) is 4.98 Å². The van der Waals surface area contributed by atoms with Crippen molar-refractivity contribution in [3.63, 3.8) is 0 Å². The fourth-order valence-electron chi connectivity index (χ4n) is 0.679. The van der Waals surface area contributed by atoms with Gasteiger partial charge in [0, 0.05) is 11.4 Å². The Balaban J connectivity index is 0.000000292. The number of rotatable bonds is 0. The molecule has 0 radical (unpaired) electrons. The predicted octanol–water partition coefficient (Wildman–Crippen LogP) is 3.14. The highest BCUT2D eigenvalue weighted by atomic mass is 127. The van der Waals surface area contributed by atoms with Gasteiger partial charge in [0.15, 0.2) is 0 Å². The molecule has 2 heteroatoms. The van der Waals surface area contributed by atoms with Crippen LogP contribution in [-0.4, -0.2) is 9.41 Å². The maximum absolute atomic E-state index is 4.17. The number of pyridine rings is 1. The zero-order valence-electron chi connectivity index (χ0n) is 7.26. The van der Waals surface area contributed by atoms with Gasteiger partial charge in [-0.2, -0.15) is 0 Å². The number of halogens is 1. The first kappa shape index (κ1) is 10.9. The van der Waals surface area contributed by atoms with Gasteiger partial charge in [-0.3, -0.25) is 4.98 Å². The summed E-state index contributed by atoms with van der Waals surface area (Å²) >= 11 is 2.29. The van der Waals surface area contributed by atoms with Crippen molar-refractivity contribution in [2.24, 2.45) is 0 Å². The summed E-state index contributed by atoms with van der Waals surface area (Å²) in [5.41, 5.74) is 2.18. The Hall–Kier alpha value is -0.120. The summed E-state index contributed by atoms with van der Waals surface area (Å²) in [7, 11) is 0. The smallest absolute Gasteiger partial charge is 0.0375 e. The van der Waals surface area contributed by atoms with Crippen LogP contribution in [-0.2, 0) is 0 Å². The lowest BCUT2D eigenvalue weighted by molar-refractivity contribution is 1.12. The fourth-order valence-corrected chi connectivity index (χ4v) is 0.679. The van der Waals surface area contributed by atoms with Crippen LogP contribution in [0, 0.1) is 13.8 Å². The molecule has 0 unspecified atom stereocenters. The highest BCUT2D eigenvalue weighted by Gasteiger charge is 1.82. The maximum Gasteiger partial charge on any atom is 0.0375 e. The highest BCUT2D eigenvalue weighted by Crippen LogP contribution is 1.93. The van der Waals surface area contributed by atoms with Gasteiger partial charge in [0.1, 0.15) is 0 Å². The molecule has 0 spiro atoms. The minimum absolute atomic E-state index is 1.09. The fraction of sp³-hybridized carbons (Fsp3) is 0.444. The van der Waals surface area contributed by atoms with Gasteiger partial charge in [0.2, 0.25) is 0 Å². The van der Waals surface area contributed by atoms with E-state index in [4.69, 9.17) is 0 Å². The molecule has 0 atom stereocenters. The maximum atomic E-state index is 4.17. The lowest BCUT2D eigenvalue weighted by Crippen LogP contribution is -1.81. The number of nitrogens with zero attached hydrogens (tertiary/aromatic N) is 1. The molecule has 1 aromatic heterocycles. The summed E-state index contributed by atoms with van der Waals surface area (Å²) in [6.07, 6.45) is 0. The summed E-state index contributed by atoms with van der Waals surface area (Å²) in [6.45, 7) is 6.10. The van der Waals surface area contributed by atoms with E-state index in [1.807, 2.05) is 32.0 Å². The van der Waals surface area contributed by atoms with E-state index >= 15 is 0 Å². The zero-order valence-corrected chi connectivity index (χ0v) is 9.42. The van der Waals surface area contributed by atoms with E-state index < -0.39 is 0 Å². The Labute approximate surface area is 82.4 Å². The minimum Gasteiger partial charge on any atom is -0.258 e. The molecule has 0 saturated heterocycles. The normalized spacial score (nSPS) is 8.36. The standard InChI is InChI=1S/C7H9N.C2H5I/c1-6-4-3-5-7(2)8-6;1-2-3/h3-5H,1-2H3;2H2,1H3. The van der Waals surface area contributed by atoms with Crippen molar-refractivity contribution < 1.29 is 0 Å². The summed E-state index contributed by atoms with van der Waals surface area (Å²) in [5.74, 6) is 0. The van der Waals surface area contributed by atoms with Crippen molar-refractivity contribution in [3.05, 3.63) is 29.6 Å². The molecule has 1 aromatic rings. The number of aromatic nitrogens is 1. The molecular formula is C9H14IN. The Bertz CT molecular complexity index is 181. The summed E-state index contributed by atoms with van der Waals surface area (Å²) in [6, 6.07) is 6.00. The van der Waals surface area contributed by atoms with Crippen molar-refractivity contribution >= 4 is 22.6 Å². The molecule has 0 fully saturated rings. The first-order valence-corrected chi connectivity index (χ1v) is 5.19. The molecule has 1 heterocycles. The van der Waals surface area contributed by atoms with E-state index in [0.717, 1.165) is 11.4 Å². The van der Waals surface area contributed by atoms with Crippen LogP contribution in [0.25, 0.3) is 0 Å². The van der Waals surface area contributed by atoms with Crippen LogP contribution in [0.4, 0.5) is 0 Å². The van der Waals surface area contributed by atoms with Crippen LogP contribution >= 0.6 is 22.6 Å². The first-order chi connectivity index (χ1) is 5.20. The van der Waals surface area contributed by atoms with Crippen molar-refractivity contribution in [2.75, 3.05) is 4.43 Å². The molecule has 0 bridgehead atoms. The van der Waals surface area contributed by atoms with E-state index in [2.05, 4.69) is 34.5 Å². The predicted molar refractivity (Wildman–Crippen MR) is 58.3 cm³/mol. The van der Waals surface area contributed by atoms with E-state index in [0.29, 0.717) is 0 Å². The molecule has 0 saturated carbocycles. The van der Waals surface area contributed by atoms with Crippen LogP contribution in [0.2, 0.25) is 0 Å². The third-order valence-corrected chi connectivity index (χ3v) is 1.03. The Morgan fingerprint density at radius 1 is 1.27 bits per heavy atom. The zero-order chi connectivity index (χ0) is 8.69. The van der Waals surface area contributed by atoms with Gasteiger partial charge in [-0.05, 0) is 30.4 Å². The number of hydrogen-bond acceptors (Lipinski definition) is 1. The van der Waals surface area contributed by atoms with Crippen LogP contribution in [0.3, 0.4) is 0 Å². The van der Waals surface area contributed by atoms with Gasteiger partial charge in [-0.1, -0.05) is 35.6 Å². The van der Waals surface area contributed by atoms with Crippen LogP contribution in [0.1, 0.15) is 18.3 Å². The summed E-state index contributed by atoms with van der Waals surface area (Å²) in [5, 5.41) is 0. The van der Waals surface area contributed by atoms with Crippen molar-refractivity contribution in [1.29, 1.82) is 0 Å². The van der Waals surface area contributed by atoms with E-state index in [1.54, 1.807) is 0 Å². The Morgan fingerprint density at radius 3 is 1.82 bits per heavy atom. The van der Waals surface area contributed by atoms with Gasteiger partial charge >= 0.3 is 0 Å². The second-order valence-corrected chi connectivity index (χ2v) is 3.71. The number of alkyl halides is 1. The monoisotopic (exact) mass is 263 g/mol.